The van der Waals surface area contributed by atoms with Crippen molar-refractivity contribution in [1.82, 2.24) is 5.32 Å². The Balaban J connectivity index is 1.53. The van der Waals surface area contributed by atoms with Gasteiger partial charge in [0.1, 0.15) is 23.4 Å². The molecule has 2 aromatic rings. The van der Waals surface area contributed by atoms with Gasteiger partial charge < -0.3 is 19.5 Å². The summed E-state index contributed by atoms with van der Waals surface area (Å²) in [7, 11) is 0. The average molecular weight is 411 g/mol. The molecular formula is C24H29NO5. The second-order valence-corrected chi connectivity index (χ2v) is 7.29. The van der Waals surface area contributed by atoms with Crippen LogP contribution in [0.3, 0.4) is 0 Å². The second-order valence-electron chi connectivity index (χ2n) is 7.29. The molecule has 1 atom stereocenters. The van der Waals surface area contributed by atoms with E-state index in [1.807, 2.05) is 32.9 Å². The Labute approximate surface area is 177 Å². The Morgan fingerprint density at radius 1 is 1.07 bits per heavy atom. The van der Waals surface area contributed by atoms with Crippen LogP contribution in [-0.4, -0.2) is 31.0 Å². The number of fused-ring (bicyclic) bond motifs is 1. The van der Waals surface area contributed by atoms with E-state index < -0.39 is 0 Å². The minimum absolute atomic E-state index is 0.0666. The van der Waals surface area contributed by atoms with Gasteiger partial charge in [0.2, 0.25) is 5.91 Å². The number of carbonyl (C=O) groups excluding carboxylic acids is 2. The predicted molar refractivity (Wildman–Crippen MR) is 114 cm³/mol. The molecule has 1 aliphatic rings. The standard InChI is InChI=1S/C24H29NO5/c1-4-28-20-8-6-17(7-9-20)21(26)10-11-24(27)25-15-19-14-23-18(12-16(3)30-23)13-22(19)29-5-2/h6-9,13-14,16H,4-5,10-12,15H2,1-3H3,(H,25,27)/t16-/m1/s1. The van der Waals surface area contributed by atoms with Crippen LogP contribution in [0.15, 0.2) is 36.4 Å². The third-order valence-electron chi connectivity index (χ3n) is 4.92. The lowest BCUT2D eigenvalue weighted by Gasteiger charge is -2.13. The molecule has 0 aromatic heterocycles. The third-order valence-corrected chi connectivity index (χ3v) is 4.92. The Kier molecular flexibility index (Phi) is 7.33. The minimum Gasteiger partial charge on any atom is -0.494 e. The van der Waals surface area contributed by atoms with Crippen LogP contribution < -0.4 is 19.5 Å². The van der Waals surface area contributed by atoms with Crippen LogP contribution in [0, 0.1) is 0 Å². The average Bonchev–Trinajstić information content (AvgIpc) is 3.10. The van der Waals surface area contributed by atoms with Gasteiger partial charge in [-0.3, -0.25) is 9.59 Å². The maximum absolute atomic E-state index is 12.3. The molecule has 1 amide bonds. The zero-order chi connectivity index (χ0) is 21.5. The maximum atomic E-state index is 12.3. The molecule has 6 nitrogen and oxygen atoms in total. The molecule has 0 aliphatic carbocycles. The molecule has 160 valence electrons. The molecule has 2 aromatic carbocycles. The highest BCUT2D eigenvalue weighted by Crippen LogP contribution is 2.35. The number of ketones is 1. The Bertz CT molecular complexity index is 891. The van der Waals surface area contributed by atoms with Gasteiger partial charge >= 0.3 is 0 Å². The summed E-state index contributed by atoms with van der Waals surface area (Å²) in [5.74, 6) is 2.10. The van der Waals surface area contributed by atoms with Gasteiger partial charge in [0.05, 0.1) is 13.2 Å². The monoisotopic (exact) mass is 411 g/mol. The van der Waals surface area contributed by atoms with Gasteiger partial charge in [0, 0.05) is 42.5 Å². The van der Waals surface area contributed by atoms with Crippen molar-refractivity contribution in [2.24, 2.45) is 0 Å². The number of Topliss-reactive ketones (excluding diaryl/α,β-unsaturated/α-hetero) is 1. The summed E-state index contributed by atoms with van der Waals surface area (Å²) in [5, 5.41) is 2.89. The molecule has 0 spiro atoms. The highest BCUT2D eigenvalue weighted by atomic mass is 16.5. The van der Waals surface area contributed by atoms with E-state index in [0.29, 0.717) is 25.3 Å². The van der Waals surface area contributed by atoms with Crippen molar-refractivity contribution >= 4 is 11.7 Å². The van der Waals surface area contributed by atoms with Crippen LogP contribution >= 0.6 is 0 Å². The summed E-state index contributed by atoms with van der Waals surface area (Å²) in [6.07, 6.45) is 1.29. The molecule has 0 radical (unpaired) electrons. The van der Waals surface area contributed by atoms with Gasteiger partial charge in [0.25, 0.3) is 0 Å². The summed E-state index contributed by atoms with van der Waals surface area (Å²) in [4.78, 5) is 24.6. The van der Waals surface area contributed by atoms with Crippen LogP contribution in [-0.2, 0) is 17.8 Å². The molecule has 0 fully saturated rings. The van der Waals surface area contributed by atoms with Crippen molar-refractivity contribution in [3.63, 3.8) is 0 Å². The van der Waals surface area contributed by atoms with Crippen molar-refractivity contribution < 1.29 is 23.8 Å². The fourth-order valence-electron chi connectivity index (χ4n) is 3.47. The van der Waals surface area contributed by atoms with Crippen molar-refractivity contribution in [3.05, 3.63) is 53.1 Å². The zero-order valence-electron chi connectivity index (χ0n) is 17.8. The molecule has 1 heterocycles. The number of ether oxygens (including phenoxy) is 3. The summed E-state index contributed by atoms with van der Waals surface area (Å²) in [5.41, 5.74) is 2.58. The Morgan fingerprint density at radius 2 is 1.80 bits per heavy atom. The fourth-order valence-corrected chi connectivity index (χ4v) is 3.47. The van der Waals surface area contributed by atoms with E-state index in [9.17, 15) is 9.59 Å². The molecule has 6 heteroatoms. The van der Waals surface area contributed by atoms with Crippen molar-refractivity contribution in [3.8, 4) is 17.2 Å². The van der Waals surface area contributed by atoms with E-state index in [2.05, 4.69) is 5.32 Å². The van der Waals surface area contributed by atoms with E-state index in [4.69, 9.17) is 14.2 Å². The highest BCUT2D eigenvalue weighted by molar-refractivity contribution is 5.98. The first-order chi connectivity index (χ1) is 14.5. The second kappa shape index (κ2) is 10.1. The molecule has 3 rings (SSSR count). The Morgan fingerprint density at radius 3 is 2.50 bits per heavy atom. The van der Waals surface area contributed by atoms with E-state index in [1.165, 1.54) is 0 Å². The molecule has 1 aliphatic heterocycles. The van der Waals surface area contributed by atoms with Crippen LogP contribution in [0.4, 0.5) is 0 Å². The van der Waals surface area contributed by atoms with Crippen LogP contribution in [0.2, 0.25) is 0 Å². The minimum atomic E-state index is -0.175. The Hall–Kier alpha value is -3.02. The summed E-state index contributed by atoms with van der Waals surface area (Å²) in [6, 6.07) is 10.9. The third kappa shape index (κ3) is 5.53. The fraction of sp³-hybridized carbons (Fsp3) is 0.417. The van der Waals surface area contributed by atoms with Gasteiger partial charge in [-0.2, -0.15) is 0 Å². The predicted octanol–water partition coefficient (Wildman–Crippen LogP) is 4.09. The lowest BCUT2D eigenvalue weighted by Crippen LogP contribution is -2.23. The van der Waals surface area contributed by atoms with E-state index in [1.54, 1.807) is 24.3 Å². The molecule has 30 heavy (non-hydrogen) atoms. The van der Waals surface area contributed by atoms with Gasteiger partial charge in [-0.25, -0.2) is 0 Å². The SMILES string of the molecule is CCOc1ccc(C(=O)CCC(=O)NCc2cc3c(cc2OCC)C[C@@H](C)O3)cc1. The van der Waals surface area contributed by atoms with Crippen LogP contribution in [0.25, 0.3) is 0 Å². The number of nitrogens with one attached hydrogen (secondary N) is 1. The zero-order valence-corrected chi connectivity index (χ0v) is 17.8. The first kappa shape index (κ1) is 21.7. The number of amides is 1. The molecule has 0 bridgehead atoms. The smallest absolute Gasteiger partial charge is 0.220 e. The molecular weight excluding hydrogens is 382 g/mol. The quantitative estimate of drug-likeness (QED) is 0.596. The van der Waals surface area contributed by atoms with E-state index in [0.717, 1.165) is 34.8 Å². The normalized spacial score (nSPS) is 14.6. The number of carbonyl (C=O) groups is 2. The number of benzene rings is 2. The van der Waals surface area contributed by atoms with Crippen LogP contribution in [0.5, 0.6) is 17.2 Å². The molecule has 0 saturated carbocycles. The van der Waals surface area contributed by atoms with Crippen LogP contribution in [0.1, 0.15) is 55.1 Å². The molecule has 0 saturated heterocycles. The maximum Gasteiger partial charge on any atom is 0.220 e. The van der Waals surface area contributed by atoms with Gasteiger partial charge in [0.15, 0.2) is 5.78 Å². The lowest BCUT2D eigenvalue weighted by molar-refractivity contribution is -0.121. The topological polar surface area (TPSA) is 73.9 Å². The summed E-state index contributed by atoms with van der Waals surface area (Å²) in [6.45, 7) is 7.33. The molecule has 0 unspecified atom stereocenters. The van der Waals surface area contributed by atoms with Crippen molar-refractivity contribution in [2.75, 3.05) is 13.2 Å². The lowest BCUT2D eigenvalue weighted by atomic mass is 10.1. The van der Waals surface area contributed by atoms with E-state index >= 15 is 0 Å². The summed E-state index contributed by atoms with van der Waals surface area (Å²) >= 11 is 0. The van der Waals surface area contributed by atoms with E-state index in [-0.39, 0.29) is 30.6 Å². The molecule has 1 N–H and O–H groups in total. The first-order valence-corrected chi connectivity index (χ1v) is 10.5. The number of hydrogen-bond donors (Lipinski definition) is 1. The van der Waals surface area contributed by atoms with Crippen molar-refractivity contribution in [1.29, 1.82) is 0 Å². The largest absolute Gasteiger partial charge is 0.494 e. The first-order valence-electron chi connectivity index (χ1n) is 10.5. The van der Waals surface area contributed by atoms with Gasteiger partial charge in [-0.05, 0) is 57.2 Å². The summed E-state index contributed by atoms with van der Waals surface area (Å²) < 4.78 is 16.9. The number of hydrogen-bond acceptors (Lipinski definition) is 5. The highest BCUT2D eigenvalue weighted by Gasteiger charge is 2.22. The van der Waals surface area contributed by atoms with Gasteiger partial charge in [-0.1, -0.05) is 0 Å². The number of rotatable bonds is 10. The van der Waals surface area contributed by atoms with Gasteiger partial charge in [-0.15, -0.1) is 0 Å². The van der Waals surface area contributed by atoms with Crippen molar-refractivity contribution in [2.45, 2.75) is 52.7 Å².